The highest BCUT2D eigenvalue weighted by molar-refractivity contribution is 5.84. The molecular formula is C15H17N5O2. The first-order valence-electron chi connectivity index (χ1n) is 7.42. The van der Waals surface area contributed by atoms with Gasteiger partial charge in [0.25, 0.3) is 0 Å². The molecule has 4 rings (SSSR count). The molecule has 4 heterocycles. The van der Waals surface area contributed by atoms with Crippen LogP contribution in [-0.2, 0) is 11.2 Å². The summed E-state index contributed by atoms with van der Waals surface area (Å²) in [5, 5.41) is 3.25. The molecule has 1 saturated heterocycles. The van der Waals surface area contributed by atoms with Crippen LogP contribution in [0.4, 0.5) is 0 Å². The predicted molar refractivity (Wildman–Crippen MR) is 78.3 cm³/mol. The quantitative estimate of drug-likeness (QED) is 0.850. The van der Waals surface area contributed by atoms with Gasteiger partial charge in [0.05, 0.1) is 31.3 Å². The molecule has 0 bridgehead atoms. The SMILES string of the molecule is O=C(C1NCCc2[nH]cnc21)N1CC(Oc2cccnc2)C1. The molecule has 7 heteroatoms. The second-order valence-electron chi connectivity index (χ2n) is 5.58. The molecule has 0 spiro atoms. The summed E-state index contributed by atoms with van der Waals surface area (Å²) in [5.41, 5.74) is 1.88. The Labute approximate surface area is 127 Å². The summed E-state index contributed by atoms with van der Waals surface area (Å²) in [4.78, 5) is 25.8. The molecule has 1 fully saturated rings. The van der Waals surface area contributed by atoms with Crippen molar-refractivity contribution in [2.75, 3.05) is 19.6 Å². The molecule has 7 nitrogen and oxygen atoms in total. The van der Waals surface area contributed by atoms with Gasteiger partial charge >= 0.3 is 0 Å². The molecule has 2 aromatic rings. The Morgan fingerprint density at radius 2 is 2.32 bits per heavy atom. The normalized spacial score (nSPS) is 21.1. The van der Waals surface area contributed by atoms with Crippen molar-refractivity contribution in [3.05, 3.63) is 42.2 Å². The summed E-state index contributed by atoms with van der Waals surface area (Å²) in [5.74, 6) is 0.809. The lowest BCUT2D eigenvalue weighted by Gasteiger charge is -2.41. The van der Waals surface area contributed by atoms with Crippen molar-refractivity contribution in [1.82, 2.24) is 25.2 Å². The van der Waals surface area contributed by atoms with Crippen molar-refractivity contribution in [1.29, 1.82) is 0 Å². The van der Waals surface area contributed by atoms with Crippen LogP contribution < -0.4 is 10.1 Å². The number of ether oxygens (including phenoxy) is 1. The average Bonchev–Trinajstić information content (AvgIpc) is 2.99. The highest BCUT2D eigenvalue weighted by atomic mass is 16.5. The molecule has 2 aromatic heterocycles. The minimum Gasteiger partial charge on any atom is -0.485 e. The zero-order chi connectivity index (χ0) is 14.9. The number of imidazole rings is 1. The van der Waals surface area contributed by atoms with Crippen LogP contribution >= 0.6 is 0 Å². The van der Waals surface area contributed by atoms with Crippen LogP contribution in [0.2, 0.25) is 0 Å². The van der Waals surface area contributed by atoms with Gasteiger partial charge in [0.15, 0.2) is 0 Å². The van der Waals surface area contributed by atoms with Crippen LogP contribution in [0.15, 0.2) is 30.9 Å². The van der Waals surface area contributed by atoms with E-state index in [1.807, 2.05) is 17.0 Å². The Morgan fingerprint density at radius 1 is 1.41 bits per heavy atom. The minimum absolute atomic E-state index is 0.0374. The summed E-state index contributed by atoms with van der Waals surface area (Å²) in [7, 11) is 0. The van der Waals surface area contributed by atoms with Crippen molar-refractivity contribution in [3.8, 4) is 5.75 Å². The molecule has 1 amide bonds. The number of carbonyl (C=O) groups excluding carboxylic acids is 1. The monoisotopic (exact) mass is 299 g/mol. The van der Waals surface area contributed by atoms with E-state index in [9.17, 15) is 4.79 Å². The van der Waals surface area contributed by atoms with Crippen molar-refractivity contribution in [3.63, 3.8) is 0 Å². The number of nitrogens with zero attached hydrogens (tertiary/aromatic N) is 3. The number of aromatic amines is 1. The lowest BCUT2D eigenvalue weighted by Crippen LogP contribution is -2.59. The van der Waals surface area contributed by atoms with Crippen LogP contribution in [0, 0.1) is 0 Å². The molecule has 2 N–H and O–H groups in total. The van der Waals surface area contributed by atoms with Gasteiger partial charge in [0.2, 0.25) is 5.91 Å². The van der Waals surface area contributed by atoms with Gasteiger partial charge in [0, 0.05) is 24.9 Å². The highest BCUT2D eigenvalue weighted by Gasteiger charge is 2.38. The fourth-order valence-corrected chi connectivity index (χ4v) is 2.91. The summed E-state index contributed by atoms with van der Waals surface area (Å²) in [6.45, 7) is 1.99. The Balaban J connectivity index is 1.37. The third kappa shape index (κ3) is 2.33. The predicted octanol–water partition coefficient (Wildman–Crippen LogP) is 0.281. The number of hydrogen-bond donors (Lipinski definition) is 2. The van der Waals surface area contributed by atoms with E-state index in [0.717, 1.165) is 30.1 Å². The Kier molecular flexibility index (Phi) is 3.27. The van der Waals surface area contributed by atoms with E-state index in [1.165, 1.54) is 0 Å². The number of fused-ring (bicyclic) bond motifs is 1. The molecule has 2 aliphatic heterocycles. The minimum atomic E-state index is -0.339. The zero-order valence-corrected chi connectivity index (χ0v) is 12.0. The maximum Gasteiger partial charge on any atom is 0.246 e. The highest BCUT2D eigenvalue weighted by Crippen LogP contribution is 2.25. The zero-order valence-electron chi connectivity index (χ0n) is 12.0. The summed E-state index contributed by atoms with van der Waals surface area (Å²) in [6.07, 6.45) is 5.97. The second-order valence-corrected chi connectivity index (χ2v) is 5.58. The van der Waals surface area contributed by atoms with Crippen LogP contribution in [-0.4, -0.2) is 51.5 Å². The van der Waals surface area contributed by atoms with Crippen molar-refractivity contribution >= 4 is 5.91 Å². The average molecular weight is 299 g/mol. The molecule has 22 heavy (non-hydrogen) atoms. The molecule has 1 unspecified atom stereocenters. The topological polar surface area (TPSA) is 83.1 Å². The van der Waals surface area contributed by atoms with Crippen LogP contribution in [0.5, 0.6) is 5.75 Å². The maximum atomic E-state index is 12.6. The van der Waals surface area contributed by atoms with E-state index in [0.29, 0.717) is 13.1 Å². The number of pyridine rings is 1. The van der Waals surface area contributed by atoms with E-state index in [-0.39, 0.29) is 18.1 Å². The number of H-pyrrole nitrogens is 1. The van der Waals surface area contributed by atoms with E-state index in [1.54, 1.807) is 18.7 Å². The van der Waals surface area contributed by atoms with E-state index in [2.05, 4.69) is 20.3 Å². The first-order valence-corrected chi connectivity index (χ1v) is 7.42. The molecule has 0 aliphatic carbocycles. The van der Waals surface area contributed by atoms with Gasteiger partial charge in [-0.25, -0.2) is 4.98 Å². The number of likely N-dealkylation sites (tertiary alicyclic amines) is 1. The molecule has 1 atom stereocenters. The van der Waals surface area contributed by atoms with Crippen molar-refractivity contribution < 1.29 is 9.53 Å². The van der Waals surface area contributed by atoms with Gasteiger partial charge in [-0.3, -0.25) is 9.78 Å². The molecule has 114 valence electrons. The number of aromatic nitrogens is 3. The van der Waals surface area contributed by atoms with Gasteiger partial charge in [0.1, 0.15) is 17.9 Å². The number of rotatable bonds is 3. The summed E-state index contributed by atoms with van der Waals surface area (Å²) >= 11 is 0. The third-order valence-electron chi connectivity index (χ3n) is 4.09. The number of hydrogen-bond acceptors (Lipinski definition) is 5. The lowest BCUT2D eigenvalue weighted by molar-refractivity contribution is -0.142. The Bertz CT molecular complexity index is 666. The standard InChI is InChI=1S/C15H17N5O2/c21-15(14-13-12(3-5-17-14)18-9-19-13)20-7-11(8-20)22-10-2-1-4-16-6-10/h1-2,4,6,9,11,14,17H,3,5,7-8H2,(H,18,19). The smallest absolute Gasteiger partial charge is 0.246 e. The molecule has 0 saturated carbocycles. The first kappa shape index (κ1) is 13.3. The first-order chi connectivity index (χ1) is 10.8. The fraction of sp³-hybridized carbons (Fsp3) is 0.400. The number of amides is 1. The van der Waals surface area contributed by atoms with Gasteiger partial charge < -0.3 is 19.9 Å². The van der Waals surface area contributed by atoms with Gasteiger partial charge in [-0.1, -0.05) is 0 Å². The second kappa shape index (κ2) is 5.42. The molecule has 0 aromatic carbocycles. The van der Waals surface area contributed by atoms with Crippen LogP contribution in [0.1, 0.15) is 17.4 Å². The number of nitrogens with one attached hydrogen (secondary N) is 2. The van der Waals surface area contributed by atoms with Crippen molar-refractivity contribution in [2.24, 2.45) is 0 Å². The van der Waals surface area contributed by atoms with Crippen LogP contribution in [0.3, 0.4) is 0 Å². The van der Waals surface area contributed by atoms with Gasteiger partial charge in [-0.05, 0) is 12.1 Å². The fourth-order valence-electron chi connectivity index (χ4n) is 2.91. The Morgan fingerprint density at radius 3 is 3.14 bits per heavy atom. The molecule has 2 aliphatic rings. The largest absolute Gasteiger partial charge is 0.485 e. The molecular weight excluding hydrogens is 282 g/mol. The van der Waals surface area contributed by atoms with Crippen LogP contribution in [0.25, 0.3) is 0 Å². The van der Waals surface area contributed by atoms with E-state index in [4.69, 9.17) is 4.74 Å². The summed E-state index contributed by atoms with van der Waals surface area (Å²) in [6, 6.07) is 3.37. The maximum absolute atomic E-state index is 12.6. The third-order valence-corrected chi connectivity index (χ3v) is 4.09. The van der Waals surface area contributed by atoms with Crippen molar-refractivity contribution in [2.45, 2.75) is 18.6 Å². The number of carbonyl (C=O) groups is 1. The van der Waals surface area contributed by atoms with Gasteiger partial charge in [-0.2, -0.15) is 0 Å². The van der Waals surface area contributed by atoms with Gasteiger partial charge in [-0.15, -0.1) is 0 Å². The lowest BCUT2D eigenvalue weighted by atomic mass is 10.0. The van der Waals surface area contributed by atoms with E-state index < -0.39 is 0 Å². The van der Waals surface area contributed by atoms with E-state index >= 15 is 0 Å². The summed E-state index contributed by atoms with van der Waals surface area (Å²) < 4.78 is 5.77. The Hall–Kier alpha value is -2.41. The molecule has 0 radical (unpaired) electrons.